The Morgan fingerprint density at radius 3 is 1.95 bits per heavy atom. The van der Waals surface area contributed by atoms with E-state index in [1.807, 2.05) is 0 Å². The summed E-state index contributed by atoms with van der Waals surface area (Å²) in [6, 6.07) is 0.762. The molecule has 44 heteroatoms. The van der Waals surface area contributed by atoms with Crippen molar-refractivity contribution in [2.45, 2.75) is 215 Å². The van der Waals surface area contributed by atoms with E-state index in [0.29, 0.717) is 58.0 Å². The van der Waals surface area contributed by atoms with E-state index in [4.69, 9.17) is 32.1 Å². The van der Waals surface area contributed by atoms with Gasteiger partial charge in [-0.3, -0.25) is 77.1 Å². The van der Waals surface area contributed by atoms with Gasteiger partial charge in [0.1, 0.15) is 78.7 Å². The van der Waals surface area contributed by atoms with Gasteiger partial charge in [-0.2, -0.15) is 13.8 Å². The Bertz CT molecular complexity index is 4550. The number of fused-ring (bicyclic) bond motifs is 1. The van der Waals surface area contributed by atoms with Crippen LogP contribution in [-0.4, -0.2) is 252 Å². The third-order valence-corrected chi connectivity index (χ3v) is 20.4. The molecule has 6 heterocycles. The Kier molecular flexibility index (Phi) is 35.8. The average Bonchev–Trinajstić information content (AvgIpc) is 1.61. The number of nitrogen functional groups attached to an aromatic ring is 1. The van der Waals surface area contributed by atoms with Crippen LogP contribution in [0.25, 0.3) is 10.9 Å². The number of unbranched alkanes of at least 4 members (excludes halogenated alkanes) is 3. The minimum atomic E-state index is -3.99. The second-order valence-electron chi connectivity index (χ2n) is 30.3. The quantitative estimate of drug-likeness (QED) is 0.00769. The molecular formula is C78H108F2N22O20. The molecule has 0 bridgehead atoms. The zero-order chi connectivity index (χ0) is 88.7. The van der Waals surface area contributed by atoms with Gasteiger partial charge in [-0.05, 0) is 112 Å². The lowest BCUT2D eigenvalue weighted by Gasteiger charge is -2.31. The van der Waals surface area contributed by atoms with Crippen molar-refractivity contribution in [3.63, 3.8) is 0 Å². The summed E-state index contributed by atoms with van der Waals surface area (Å²) in [5.41, 5.74) is 17.0. The van der Waals surface area contributed by atoms with Gasteiger partial charge in [0.2, 0.25) is 83.0 Å². The molecule has 122 heavy (non-hydrogen) atoms. The molecule has 13 amide bonds. The van der Waals surface area contributed by atoms with Crippen molar-refractivity contribution < 1.29 is 101 Å². The highest BCUT2D eigenvalue weighted by Crippen LogP contribution is 2.42. The maximum atomic E-state index is 15.2. The van der Waals surface area contributed by atoms with Crippen molar-refractivity contribution in [1.82, 2.24) is 93.2 Å². The molecule has 0 unspecified atom stereocenters. The standard InChI is InChI=1S/C78H108F2N22O20/c1-42(2)32-52(68(113)94-51(15-10-29-88-76(83)84)74(119)101-30-11-16-57(101)73(118)90-38-60(82)105)95-66(111)49(14-7-9-28-86-61(106)17-4-3-8-27-87-62(107)24-25-64(109)121-40-58-65(110)78(79,80)75(122-58)102-31-26-59(81)100-77(102)120)93-69(114)53(33-43-18-20-46(104)21-19-43)96-72(117)56(39-103)99-70(115)54(34-44-36-89-48-13-6-5-12-47(44)48)97-71(116)55(35-45-37-85-41-91-45)98-67(112)50-22-23-63(108)92-50/h5-6,12-13,18-21,26,31,36-37,41-42,49-58,65,75,89,103-104,110H,3-4,7-11,14-17,22-25,27-30,32-35,38-40H2,1-2H3,(H2,82,105)(H,85,91)(H,86,106)(H,87,107)(H,90,118)(H,92,108)(H,93,114)(H,94,113)(H,95,111)(H,96,117)(H,97,116)(H,98,112)(H,99,115)(H2,81,100,120)(H4,83,84,88)/t49-,50+,51+,52+,53+,54+,55+,56+,57+,58-,65-,75-/m1/s1. The molecule has 3 aliphatic rings. The predicted octanol–water partition coefficient (Wildman–Crippen LogP) is -3.79. The summed E-state index contributed by atoms with van der Waals surface area (Å²) < 4.78 is 40.5. The molecule has 3 aromatic heterocycles. The number of hydrogen-bond acceptors (Lipinski definition) is 24. The third-order valence-electron chi connectivity index (χ3n) is 20.4. The number of H-pyrrole nitrogens is 2. The summed E-state index contributed by atoms with van der Waals surface area (Å²) in [6.07, 6.45) is -0.601. The molecule has 5 aromatic rings. The summed E-state index contributed by atoms with van der Waals surface area (Å²) >= 11 is 0. The van der Waals surface area contributed by atoms with Gasteiger partial charge in [-0.25, -0.2) is 9.78 Å². The fraction of sp³-hybridized carbons (Fsp3) is 0.538. The van der Waals surface area contributed by atoms with Crippen molar-refractivity contribution in [2.75, 3.05) is 51.7 Å². The molecule has 0 radical (unpaired) electrons. The second-order valence-corrected chi connectivity index (χ2v) is 30.3. The van der Waals surface area contributed by atoms with Gasteiger partial charge in [-0.15, -0.1) is 0 Å². The molecule has 2 aromatic carbocycles. The number of aromatic hydroxyl groups is 1. The number of phenolic OH excluding ortho intramolecular Hbond substituents is 1. The van der Waals surface area contributed by atoms with Gasteiger partial charge < -0.3 is 121 Å². The number of carbonyl (C=O) groups is 14. The lowest BCUT2D eigenvalue weighted by atomic mass is 10.00. The molecule has 42 nitrogen and oxygen atoms in total. The molecule has 24 N–H and O–H groups in total. The number of carbonyl (C=O) groups excluding carboxylic acids is 14. The Morgan fingerprint density at radius 1 is 0.680 bits per heavy atom. The number of alkyl halides is 2. The van der Waals surface area contributed by atoms with Crippen LogP contribution in [0, 0.1) is 11.3 Å². The van der Waals surface area contributed by atoms with Gasteiger partial charge in [0.05, 0.1) is 25.9 Å². The number of nitrogens with one attached hydrogen (secondary N) is 15. The topological polar surface area (TPSA) is 647 Å². The van der Waals surface area contributed by atoms with Crippen LogP contribution in [0.3, 0.4) is 0 Å². The summed E-state index contributed by atoms with van der Waals surface area (Å²) in [4.78, 5) is 219. The summed E-state index contributed by atoms with van der Waals surface area (Å²) in [6.45, 7) is 1.43. The number of para-hydroxylation sites is 1. The Labute approximate surface area is 698 Å². The Hall–Kier alpha value is -12.7. The number of anilines is 1. The van der Waals surface area contributed by atoms with E-state index in [2.05, 4.69) is 83.7 Å². The number of aliphatic hydroxyl groups is 2. The predicted molar refractivity (Wildman–Crippen MR) is 430 cm³/mol. The molecule has 8 rings (SSSR count). The molecule has 0 saturated carbocycles. The number of guanidine groups is 1. The molecular weight excluding hydrogens is 1600 g/mol. The minimum Gasteiger partial charge on any atom is -0.508 e. The van der Waals surface area contributed by atoms with Crippen molar-refractivity contribution in [3.8, 4) is 5.75 Å². The summed E-state index contributed by atoms with van der Waals surface area (Å²) in [5.74, 6) is -16.1. The van der Waals surface area contributed by atoms with Crippen molar-refractivity contribution in [3.05, 3.63) is 107 Å². The van der Waals surface area contributed by atoms with Crippen molar-refractivity contribution in [2.24, 2.45) is 17.4 Å². The highest BCUT2D eigenvalue weighted by atomic mass is 19.3. The van der Waals surface area contributed by atoms with Gasteiger partial charge in [-0.1, -0.05) is 50.6 Å². The number of amides is 13. The van der Waals surface area contributed by atoms with Crippen LogP contribution >= 0.6 is 0 Å². The molecule has 664 valence electrons. The number of nitrogens with zero attached hydrogens (tertiary/aromatic N) is 4. The molecule has 3 fully saturated rings. The number of benzene rings is 2. The number of esters is 1. The lowest BCUT2D eigenvalue weighted by Crippen LogP contribution is -2.61. The number of primary amides is 1. The molecule has 12 atom stereocenters. The van der Waals surface area contributed by atoms with Crippen molar-refractivity contribution in [1.29, 1.82) is 5.41 Å². The number of rotatable bonds is 48. The second kappa shape index (κ2) is 46.2. The monoisotopic (exact) mass is 1710 g/mol. The number of aromatic amines is 2. The first-order valence-electron chi connectivity index (χ1n) is 40.2. The summed E-state index contributed by atoms with van der Waals surface area (Å²) in [7, 11) is 0. The Morgan fingerprint density at radius 2 is 1.30 bits per heavy atom. The average molecular weight is 1710 g/mol. The minimum absolute atomic E-state index is 0.0440. The zero-order valence-corrected chi connectivity index (χ0v) is 67.5. The number of phenols is 1. The fourth-order valence-electron chi connectivity index (χ4n) is 14.0. The third kappa shape index (κ3) is 28.7. The number of imidazole rings is 1. The number of ether oxygens (including phenoxy) is 2. The first-order chi connectivity index (χ1) is 58.2. The Balaban J connectivity index is 0.941. The number of likely N-dealkylation sites (tertiary alicyclic amines) is 1. The van der Waals surface area contributed by atoms with Gasteiger partial charge in [0.25, 0.3) is 0 Å². The van der Waals surface area contributed by atoms with Crippen LogP contribution in [0.5, 0.6) is 5.75 Å². The number of aromatic nitrogens is 5. The molecule has 3 aliphatic heterocycles. The highest BCUT2D eigenvalue weighted by Gasteiger charge is 2.60. The van der Waals surface area contributed by atoms with E-state index in [1.54, 1.807) is 44.3 Å². The SMILES string of the molecule is CC(C)C[C@H](NC(=O)[C@@H](CCCCNC(=O)CCCCCNC(=O)CCC(=O)OC[C@H]1O[C@@H](n2ccc(N)nc2=O)C(F)(F)[C@@H]1O)NC(=O)[C@H](Cc1ccc(O)cc1)NC(=O)[C@H](CO)NC(=O)[C@H](Cc1c[nH]c2ccccc12)NC(=O)[C@H](Cc1cnc[nH]1)NC(=O)[C@@H]1CCC(=O)N1)C(=O)N[C@@H](CCCNC(=N)N)C(=O)N1CCC[C@H]1C(=O)NCC(N)=O. The van der Waals surface area contributed by atoms with E-state index in [0.717, 1.165) is 12.3 Å². The van der Waals surface area contributed by atoms with Crippen molar-refractivity contribution >= 4 is 105 Å². The van der Waals surface area contributed by atoms with Crippen LogP contribution in [-0.2, 0) is 95.9 Å². The summed E-state index contributed by atoms with van der Waals surface area (Å²) in [5, 5.41) is 71.5. The smallest absolute Gasteiger partial charge is 0.351 e. The number of aliphatic hydroxyl groups excluding tert-OH is 2. The van der Waals surface area contributed by atoms with Crippen LogP contribution in [0.1, 0.15) is 140 Å². The first kappa shape index (κ1) is 94.7. The lowest BCUT2D eigenvalue weighted by molar-refractivity contribution is -0.151. The molecule has 3 saturated heterocycles. The van der Waals surface area contributed by atoms with E-state index in [1.165, 1.54) is 41.7 Å². The number of halogens is 2. The first-order valence-corrected chi connectivity index (χ1v) is 40.2. The van der Waals surface area contributed by atoms with E-state index in [9.17, 15) is 86.4 Å². The van der Waals surface area contributed by atoms with Crippen LogP contribution in [0.15, 0.2) is 84.3 Å². The number of nitrogens with two attached hydrogens (primary N) is 3. The van der Waals surface area contributed by atoms with E-state index in [-0.39, 0.29) is 151 Å². The van der Waals surface area contributed by atoms with Gasteiger partial charge in [0, 0.05) is 99.9 Å². The van der Waals surface area contributed by atoms with Crippen LogP contribution in [0.2, 0.25) is 0 Å². The fourth-order valence-corrected chi connectivity index (χ4v) is 14.0. The molecule has 0 spiro atoms. The van der Waals surface area contributed by atoms with Gasteiger partial charge in [0.15, 0.2) is 12.1 Å². The van der Waals surface area contributed by atoms with Crippen LogP contribution < -0.4 is 86.7 Å². The normalized spacial score (nSPS) is 18.3. The van der Waals surface area contributed by atoms with Gasteiger partial charge >= 0.3 is 17.6 Å². The highest BCUT2D eigenvalue weighted by molar-refractivity contribution is 6.00. The van der Waals surface area contributed by atoms with Crippen LogP contribution in [0.4, 0.5) is 14.6 Å². The van der Waals surface area contributed by atoms with E-state index >= 15 is 9.59 Å². The maximum Gasteiger partial charge on any atom is 0.351 e. The molecule has 0 aliphatic carbocycles. The largest absolute Gasteiger partial charge is 0.508 e. The number of hydrogen-bond donors (Lipinski definition) is 21. The zero-order valence-electron chi connectivity index (χ0n) is 67.5. The van der Waals surface area contributed by atoms with E-state index < -0.39 is 182 Å². The maximum absolute atomic E-state index is 15.2.